The molecule has 96 valence electrons. The molecule has 0 amide bonds. The van der Waals surface area contributed by atoms with E-state index in [-0.39, 0.29) is 4.90 Å². The van der Waals surface area contributed by atoms with Crippen LogP contribution in [0.1, 0.15) is 5.69 Å². The molecular formula is C14H12N2O2S. The molecule has 3 aromatic rings. The summed E-state index contributed by atoms with van der Waals surface area (Å²) in [6.45, 7) is 1.76. The van der Waals surface area contributed by atoms with Gasteiger partial charge in [0.15, 0.2) is 0 Å². The van der Waals surface area contributed by atoms with Gasteiger partial charge in [0.1, 0.15) is 0 Å². The van der Waals surface area contributed by atoms with Crippen molar-refractivity contribution in [2.75, 3.05) is 0 Å². The van der Waals surface area contributed by atoms with Crippen LogP contribution in [-0.2, 0) is 10.0 Å². The molecule has 0 unspecified atom stereocenters. The Labute approximate surface area is 111 Å². The van der Waals surface area contributed by atoms with Crippen LogP contribution in [0.2, 0.25) is 0 Å². The van der Waals surface area contributed by atoms with Crippen LogP contribution in [0.25, 0.3) is 10.8 Å². The van der Waals surface area contributed by atoms with Gasteiger partial charge in [0.25, 0.3) is 10.0 Å². The lowest BCUT2D eigenvalue weighted by molar-refractivity contribution is 0.580. The second-order valence-corrected chi connectivity index (χ2v) is 6.08. The highest BCUT2D eigenvalue weighted by atomic mass is 32.2. The van der Waals surface area contributed by atoms with Crippen molar-refractivity contribution in [3.8, 4) is 0 Å². The molecule has 0 spiro atoms. The van der Waals surface area contributed by atoms with Gasteiger partial charge in [-0.15, -0.1) is 0 Å². The Morgan fingerprint density at radius 1 is 1.00 bits per heavy atom. The topological polar surface area (TPSA) is 52.0 Å². The van der Waals surface area contributed by atoms with Crippen LogP contribution in [-0.4, -0.2) is 17.6 Å². The fourth-order valence-electron chi connectivity index (χ4n) is 2.05. The van der Waals surface area contributed by atoms with Gasteiger partial charge in [0.05, 0.1) is 10.6 Å². The summed E-state index contributed by atoms with van der Waals surface area (Å²) >= 11 is 0. The summed E-state index contributed by atoms with van der Waals surface area (Å²) in [7, 11) is -3.64. The van der Waals surface area contributed by atoms with Crippen LogP contribution in [0.15, 0.2) is 59.6 Å². The van der Waals surface area contributed by atoms with Gasteiger partial charge in [-0.05, 0) is 24.4 Å². The van der Waals surface area contributed by atoms with Crippen molar-refractivity contribution in [1.29, 1.82) is 0 Å². The van der Waals surface area contributed by atoms with Crippen LogP contribution in [0.5, 0.6) is 0 Å². The first-order chi connectivity index (χ1) is 9.09. The van der Waals surface area contributed by atoms with Crippen molar-refractivity contribution in [3.05, 3.63) is 60.4 Å². The van der Waals surface area contributed by atoms with E-state index in [0.717, 1.165) is 9.47 Å². The lowest BCUT2D eigenvalue weighted by Crippen LogP contribution is -2.14. The Hall–Kier alpha value is -2.14. The number of aryl methyl sites for hydroxylation is 1. The molecule has 19 heavy (non-hydrogen) atoms. The zero-order valence-electron chi connectivity index (χ0n) is 10.3. The number of rotatable bonds is 2. The zero-order valence-corrected chi connectivity index (χ0v) is 11.1. The van der Waals surface area contributed by atoms with E-state index < -0.39 is 10.0 Å². The lowest BCUT2D eigenvalue weighted by atomic mass is 10.1. The smallest absolute Gasteiger partial charge is 0.199 e. The zero-order chi connectivity index (χ0) is 13.5. The number of nitrogens with zero attached hydrogens (tertiary/aromatic N) is 2. The molecule has 0 fully saturated rings. The van der Waals surface area contributed by atoms with E-state index in [9.17, 15) is 8.42 Å². The van der Waals surface area contributed by atoms with Gasteiger partial charge < -0.3 is 0 Å². The molecule has 5 heteroatoms. The third-order valence-corrected chi connectivity index (χ3v) is 4.58. The number of hydrogen-bond acceptors (Lipinski definition) is 3. The highest BCUT2D eigenvalue weighted by Gasteiger charge is 2.19. The minimum absolute atomic E-state index is 0.272. The normalized spacial score (nSPS) is 11.8. The van der Waals surface area contributed by atoms with Crippen molar-refractivity contribution < 1.29 is 8.42 Å². The summed E-state index contributed by atoms with van der Waals surface area (Å²) in [5, 5.41) is 5.60. The molecule has 0 bridgehead atoms. The third-order valence-electron chi connectivity index (χ3n) is 2.97. The Bertz CT molecular complexity index is 845. The van der Waals surface area contributed by atoms with Gasteiger partial charge >= 0.3 is 0 Å². The fourth-order valence-corrected chi connectivity index (χ4v) is 3.42. The monoisotopic (exact) mass is 272 g/mol. The Kier molecular flexibility index (Phi) is 2.64. The van der Waals surface area contributed by atoms with Gasteiger partial charge in [-0.1, -0.05) is 36.4 Å². The van der Waals surface area contributed by atoms with E-state index in [1.54, 1.807) is 31.2 Å². The maximum absolute atomic E-state index is 12.6. The Morgan fingerprint density at radius 3 is 2.47 bits per heavy atom. The molecular weight excluding hydrogens is 260 g/mol. The van der Waals surface area contributed by atoms with Crippen LogP contribution in [0.3, 0.4) is 0 Å². The number of aromatic nitrogens is 2. The van der Waals surface area contributed by atoms with E-state index in [1.807, 2.05) is 24.3 Å². The summed E-state index contributed by atoms with van der Waals surface area (Å²) in [6.07, 6.45) is 1.46. The second-order valence-electron chi connectivity index (χ2n) is 4.31. The van der Waals surface area contributed by atoms with Crippen LogP contribution < -0.4 is 0 Å². The van der Waals surface area contributed by atoms with Crippen LogP contribution in [0.4, 0.5) is 0 Å². The summed E-state index contributed by atoms with van der Waals surface area (Å²) in [4.78, 5) is 0.272. The molecule has 0 radical (unpaired) electrons. The van der Waals surface area contributed by atoms with Crippen molar-refractivity contribution >= 4 is 20.8 Å². The van der Waals surface area contributed by atoms with E-state index in [2.05, 4.69) is 5.10 Å². The lowest BCUT2D eigenvalue weighted by Gasteiger charge is -2.07. The van der Waals surface area contributed by atoms with Crippen molar-refractivity contribution in [2.45, 2.75) is 11.8 Å². The summed E-state index contributed by atoms with van der Waals surface area (Å²) in [5.41, 5.74) is 0.670. The average molecular weight is 272 g/mol. The quantitative estimate of drug-likeness (QED) is 0.720. The third kappa shape index (κ3) is 1.92. The standard InChI is InChI=1S/C14H12N2O2S/c1-11-9-10-16(15-11)19(17,18)14-8-4-6-12-5-2-3-7-13(12)14/h2-10H,1H3. The van der Waals surface area contributed by atoms with E-state index >= 15 is 0 Å². The van der Waals surface area contributed by atoms with E-state index in [1.165, 1.54) is 6.20 Å². The molecule has 1 heterocycles. The molecule has 1 aromatic heterocycles. The first kappa shape index (κ1) is 11.9. The fraction of sp³-hybridized carbons (Fsp3) is 0.0714. The van der Waals surface area contributed by atoms with Gasteiger partial charge in [0.2, 0.25) is 0 Å². The van der Waals surface area contributed by atoms with Crippen LogP contribution >= 0.6 is 0 Å². The molecule has 2 aromatic carbocycles. The molecule has 0 aliphatic carbocycles. The van der Waals surface area contributed by atoms with Gasteiger partial charge in [0, 0.05) is 11.6 Å². The van der Waals surface area contributed by atoms with Crippen LogP contribution in [0, 0.1) is 6.92 Å². The molecule has 0 saturated carbocycles. The first-order valence-corrected chi connectivity index (χ1v) is 7.29. The van der Waals surface area contributed by atoms with Crippen molar-refractivity contribution in [3.63, 3.8) is 0 Å². The molecule has 0 saturated heterocycles. The average Bonchev–Trinajstić information content (AvgIpc) is 2.85. The molecule has 0 atom stereocenters. The van der Waals surface area contributed by atoms with E-state index in [4.69, 9.17) is 0 Å². The Balaban J connectivity index is 2.30. The van der Waals surface area contributed by atoms with E-state index in [0.29, 0.717) is 11.1 Å². The number of hydrogen-bond donors (Lipinski definition) is 0. The van der Waals surface area contributed by atoms with Gasteiger partial charge in [-0.3, -0.25) is 0 Å². The summed E-state index contributed by atoms with van der Waals surface area (Å²) in [5.74, 6) is 0. The van der Waals surface area contributed by atoms with Crippen molar-refractivity contribution in [1.82, 2.24) is 9.19 Å². The molecule has 4 nitrogen and oxygen atoms in total. The second kappa shape index (κ2) is 4.20. The SMILES string of the molecule is Cc1ccn(S(=O)(=O)c2cccc3ccccc23)n1. The predicted molar refractivity (Wildman–Crippen MR) is 73.5 cm³/mol. The maximum Gasteiger partial charge on any atom is 0.283 e. The summed E-state index contributed by atoms with van der Waals surface area (Å²) in [6, 6.07) is 14.3. The Morgan fingerprint density at radius 2 is 1.74 bits per heavy atom. The highest BCUT2D eigenvalue weighted by molar-refractivity contribution is 7.90. The number of benzene rings is 2. The van der Waals surface area contributed by atoms with Gasteiger partial charge in [-0.25, -0.2) is 0 Å². The summed E-state index contributed by atoms with van der Waals surface area (Å²) < 4.78 is 26.1. The minimum atomic E-state index is -3.64. The molecule has 3 rings (SSSR count). The molecule has 0 aliphatic rings. The van der Waals surface area contributed by atoms with Crippen molar-refractivity contribution in [2.24, 2.45) is 0 Å². The minimum Gasteiger partial charge on any atom is -0.199 e. The largest absolute Gasteiger partial charge is 0.283 e. The van der Waals surface area contributed by atoms with Gasteiger partial charge in [-0.2, -0.15) is 17.6 Å². The predicted octanol–water partition coefficient (Wildman–Crippen LogP) is 2.58. The molecule has 0 N–H and O–H groups in total. The number of fused-ring (bicyclic) bond motifs is 1. The first-order valence-electron chi connectivity index (χ1n) is 5.85. The molecule has 0 aliphatic heterocycles. The maximum atomic E-state index is 12.6. The highest BCUT2D eigenvalue weighted by Crippen LogP contribution is 2.24.